The average molecular weight is 348 g/mol. The van der Waals surface area contributed by atoms with Crippen LogP contribution >= 0.6 is 0 Å². The molecule has 0 unspecified atom stereocenters. The summed E-state index contributed by atoms with van der Waals surface area (Å²) < 4.78 is 32.6. The molecule has 1 aliphatic rings. The zero-order chi connectivity index (χ0) is 17.8. The SMILES string of the molecule is Cc1nccc(N[C@@H]2COCC[C@@H]2NC(=O)c2cccc(F)c2F)n1. The van der Waals surface area contributed by atoms with E-state index in [9.17, 15) is 13.6 Å². The van der Waals surface area contributed by atoms with Crippen molar-refractivity contribution in [1.82, 2.24) is 15.3 Å². The fraction of sp³-hybridized carbons (Fsp3) is 0.353. The van der Waals surface area contributed by atoms with Crippen molar-refractivity contribution in [2.24, 2.45) is 0 Å². The van der Waals surface area contributed by atoms with Crippen LogP contribution in [0.4, 0.5) is 14.6 Å². The van der Waals surface area contributed by atoms with Gasteiger partial charge in [-0.2, -0.15) is 0 Å². The molecule has 2 atom stereocenters. The Kier molecular flexibility index (Phi) is 5.18. The largest absolute Gasteiger partial charge is 0.379 e. The van der Waals surface area contributed by atoms with E-state index in [-0.39, 0.29) is 17.6 Å². The summed E-state index contributed by atoms with van der Waals surface area (Å²) in [6.45, 7) is 2.60. The minimum Gasteiger partial charge on any atom is -0.379 e. The lowest BCUT2D eigenvalue weighted by Gasteiger charge is -2.33. The topological polar surface area (TPSA) is 76.1 Å². The summed E-state index contributed by atoms with van der Waals surface area (Å²) in [5.41, 5.74) is -0.317. The molecule has 2 aromatic rings. The molecule has 0 spiro atoms. The predicted molar refractivity (Wildman–Crippen MR) is 87.2 cm³/mol. The highest BCUT2D eigenvalue weighted by Gasteiger charge is 2.28. The van der Waals surface area contributed by atoms with Crippen molar-refractivity contribution in [2.75, 3.05) is 18.5 Å². The van der Waals surface area contributed by atoms with Crippen LogP contribution in [0.25, 0.3) is 0 Å². The number of hydrogen-bond acceptors (Lipinski definition) is 5. The lowest BCUT2D eigenvalue weighted by atomic mass is 10.0. The molecule has 0 bridgehead atoms. The zero-order valence-electron chi connectivity index (χ0n) is 13.6. The molecular formula is C17H18F2N4O2. The molecule has 25 heavy (non-hydrogen) atoms. The number of amides is 1. The molecular weight excluding hydrogens is 330 g/mol. The number of carbonyl (C=O) groups excluding carboxylic acids is 1. The molecule has 132 valence electrons. The number of nitrogens with zero attached hydrogens (tertiary/aromatic N) is 2. The summed E-state index contributed by atoms with van der Waals surface area (Å²) in [5, 5.41) is 5.95. The lowest BCUT2D eigenvalue weighted by molar-refractivity contribution is 0.0618. The predicted octanol–water partition coefficient (Wildman–Crippen LogP) is 2.06. The van der Waals surface area contributed by atoms with Gasteiger partial charge in [0.05, 0.1) is 24.3 Å². The molecule has 0 aliphatic carbocycles. The number of nitrogens with one attached hydrogen (secondary N) is 2. The van der Waals surface area contributed by atoms with Gasteiger partial charge in [-0.1, -0.05) is 6.07 Å². The van der Waals surface area contributed by atoms with Crippen LogP contribution in [0.2, 0.25) is 0 Å². The molecule has 0 radical (unpaired) electrons. The first-order valence-electron chi connectivity index (χ1n) is 7.93. The molecule has 0 saturated carbocycles. The fourth-order valence-electron chi connectivity index (χ4n) is 2.70. The van der Waals surface area contributed by atoms with Gasteiger partial charge in [0.15, 0.2) is 11.6 Å². The van der Waals surface area contributed by atoms with E-state index in [4.69, 9.17) is 4.74 Å². The molecule has 1 amide bonds. The molecule has 1 aromatic heterocycles. The van der Waals surface area contributed by atoms with E-state index >= 15 is 0 Å². The van der Waals surface area contributed by atoms with E-state index in [0.29, 0.717) is 31.3 Å². The minimum atomic E-state index is -1.15. The maximum absolute atomic E-state index is 13.8. The normalized spacial score (nSPS) is 20.1. The van der Waals surface area contributed by atoms with Crippen LogP contribution in [0, 0.1) is 18.6 Å². The molecule has 1 aliphatic heterocycles. The van der Waals surface area contributed by atoms with Gasteiger partial charge in [0.1, 0.15) is 11.6 Å². The summed E-state index contributed by atoms with van der Waals surface area (Å²) in [4.78, 5) is 20.6. The van der Waals surface area contributed by atoms with Crippen molar-refractivity contribution in [1.29, 1.82) is 0 Å². The standard InChI is InChI=1S/C17H18F2N4O2/c1-10-20-7-5-15(21-10)22-14-9-25-8-6-13(14)23-17(24)11-3-2-4-12(18)16(11)19/h2-5,7,13-14H,6,8-9H2,1H3,(H,23,24)(H,20,21,22)/t13-,14+/m0/s1. The second kappa shape index (κ2) is 7.52. The van der Waals surface area contributed by atoms with Crippen molar-refractivity contribution < 1.29 is 18.3 Å². The number of aryl methyl sites for hydroxylation is 1. The van der Waals surface area contributed by atoms with Gasteiger partial charge in [-0.25, -0.2) is 18.7 Å². The van der Waals surface area contributed by atoms with E-state index in [1.807, 2.05) is 0 Å². The number of benzene rings is 1. The monoisotopic (exact) mass is 348 g/mol. The Labute approximate surface area is 143 Å². The molecule has 3 rings (SSSR count). The maximum Gasteiger partial charge on any atom is 0.254 e. The van der Waals surface area contributed by atoms with Crippen molar-refractivity contribution in [2.45, 2.75) is 25.4 Å². The van der Waals surface area contributed by atoms with Crippen LogP contribution in [0.15, 0.2) is 30.5 Å². The number of hydrogen-bond donors (Lipinski definition) is 2. The van der Waals surface area contributed by atoms with E-state index in [2.05, 4.69) is 20.6 Å². The second-order valence-corrected chi connectivity index (χ2v) is 5.78. The Bertz CT molecular complexity index is 772. The molecule has 8 heteroatoms. The van der Waals surface area contributed by atoms with Crippen LogP contribution in [-0.4, -0.2) is 41.2 Å². The summed E-state index contributed by atoms with van der Waals surface area (Å²) in [7, 11) is 0. The third-order valence-electron chi connectivity index (χ3n) is 3.98. The maximum atomic E-state index is 13.8. The highest BCUT2D eigenvalue weighted by molar-refractivity contribution is 5.94. The Morgan fingerprint density at radius 2 is 2.12 bits per heavy atom. The first kappa shape index (κ1) is 17.2. The van der Waals surface area contributed by atoms with Gasteiger partial charge in [-0.15, -0.1) is 0 Å². The highest BCUT2D eigenvalue weighted by atomic mass is 19.2. The third kappa shape index (κ3) is 4.08. The van der Waals surface area contributed by atoms with Crippen LogP contribution in [0.1, 0.15) is 22.6 Å². The zero-order valence-corrected chi connectivity index (χ0v) is 13.6. The van der Waals surface area contributed by atoms with Crippen LogP contribution in [-0.2, 0) is 4.74 Å². The van der Waals surface area contributed by atoms with Crippen molar-refractivity contribution in [3.63, 3.8) is 0 Å². The number of anilines is 1. The molecule has 2 heterocycles. The first-order chi connectivity index (χ1) is 12.0. The molecule has 1 aromatic carbocycles. The number of rotatable bonds is 4. The van der Waals surface area contributed by atoms with Crippen LogP contribution in [0.5, 0.6) is 0 Å². The van der Waals surface area contributed by atoms with Crippen LogP contribution < -0.4 is 10.6 Å². The summed E-state index contributed by atoms with van der Waals surface area (Å²) in [5.74, 6) is -1.63. The van der Waals surface area contributed by atoms with Gasteiger partial charge < -0.3 is 15.4 Å². The Morgan fingerprint density at radius 3 is 2.92 bits per heavy atom. The van der Waals surface area contributed by atoms with Gasteiger partial charge in [-0.3, -0.25) is 4.79 Å². The van der Waals surface area contributed by atoms with E-state index in [0.717, 1.165) is 6.07 Å². The van der Waals surface area contributed by atoms with Crippen LogP contribution in [0.3, 0.4) is 0 Å². The Balaban J connectivity index is 1.72. The fourth-order valence-corrected chi connectivity index (χ4v) is 2.70. The van der Waals surface area contributed by atoms with Gasteiger partial charge >= 0.3 is 0 Å². The number of halogens is 2. The van der Waals surface area contributed by atoms with Crippen molar-refractivity contribution >= 4 is 11.7 Å². The Hall–Kier alpha value is -2.61. The molecule has 2 N–H and O–H groups in total. The van der Waals surface area contributed by atoms with Gasteiger partial charge in [-0.05, 0) is 31.5 Å². The molecule has 1 fully saturated rings. The quantitative estimate of drug-likeness (QED) is 0.885. The number of carbonyl (C=O) groups is 1. The van der Waals surface area contributed by atoms with Crippen molar-refractivity contribution in [3.8, 4) is 0 Å². The number of aromatic nitrogens is 2. The van der Waals surface area contributed by atoms with Gasteiger partial charge in [0, 0.05) is 12.8 Å². The summed E-state index contributed by atoms with van der Waals surface area (Å²) >= 11 is 0. The molecule has 6 nitrogen and oxygen atoms in total. The van der Waals surface area contributed by atoms with Gasteiger partial charge in [0.2, 0.25) is 0 Å². The average Bonchev–Trinajstić information content (AvgIpc) is 2.59. The van der Waals surface area contributed by atoms with E-state index < -0.39 is 17.5 Å². The third-order valence-corrected chi connectivity index (χ3v) is 3.98. The Morgan fingerprint density at radius 1 is 1.28 bits per heavy atom. The summed E-state index contributed by atoms with van der Waals surface area (Å²) in [6.07, 6.45) is 2.18. The number of ether oxygens (including phenoxy) is 1. The minimum absolute atomic E-state index is 0.247. The molecule has 1 saturated heterocycles. The smallest absolute Gasteiger partial charge is 0.254 e. The summed E-state index contributed by atoms with van der Waals surface area (Å²) in [6, 6.07) is 4.69. The second-order valence-electron chi connectivity index (χ2n) is 5.78. The lowest BCUT2D eigenvalue weighted by Crippen LogP contribution is -2.52. The van der Waals surface area contributed by atoms with E-state index in [1.54, 1.807) is 19.2 Å². The van der Waals surface area contributed by atoms with E-state index in [1.165, 1.54) is 12.1 Å². The van der Waals surface area contributed by atoms with Gasteiger partial charge in [0.25, 0.3) is 5.91 Å². The first-order valence-corrected chi connectivity index (χ1v) is 7.93. The van der Waals surface area contributed by atoms with Crippen molar-refractivity contribution in [3.05, 3.63) is 53.5 Å². The highest BCUT2D eigenvalue weighted by Crippen LogP contribution is 2.16.